The van der Waals surface area contributed by atoms with Crippen LogP contribution >= 0.6 is 15.9 Å². The number of benzene rings is 2. The van der Waals surface area contributed by atoms with Crippen LogP contribution in [-0.2, 0) is 0 Å². The van der Waals surface area contributed by atoms with Gasteiger partial charge in [0.15, 0.2) is 11.5 Å². The average molecular weight is 387 g/mol. The molecule has 0 bridgehead atoms. The summed E-state index contributed by atoms with van der Waals surface area (Å²) in [6.07, 6.45) is 0.848. The predicted molar refractivity (Wildman–Crippen MR) is 96.0 cm³/mol. The lowest BCUT2D eigenvalue weighted by Gasteiger charge is -2.10. The van der Waals surface area contributed by atoms with Gasteiger partial charge in [0.25, 0.3) is 5.91 Å². The van der Waals surface area contributed by atoms with Crippen LogP contribution in [0, 0.1) is 0 Å². The zero-order valence-electron chi connectivity index (χ0n) is 12.8. The number of H-pyrrole nitrogens is 1. The van der Waals surface area contributed by atoms with Crippen LogP contribution in [0.3, 0.4) is 0 Å². The van der Waals surface area contributed by atoms with E-state index in [1.165, 1.54) is 0 Å². The Morgan fingerprint density at radius 1 is 1.04 bits per heavy atom. The summed E-state index contributed by atoms with van der Waals surface area (Å²) in [5.41, 5.74) is 2.10. The largest absolute Gasteiger partial charge is 0.490 e. The SMILES string of the molecule is O=C(Nc1ccc2c(c1)OCCCO2)c1cc2cc(Br)ccc2[nH]1. The van der Waals surface area contributed by atoms with Gasteiger partial charge in [-0.15, -0.1) is 0 Å². The van der Waals surface area contributed by atoms with E-state index in [2.05, 4.69) is 26.2 Å². The second-order valence-electron chi connectivity index (χ2n) is 5.58. The van der Waals surface area contributed by atoms with E-state index in [9.17, 15) is 4.79 Å². The van der Waals surface area contributed by atoms with Crippen molar-refractivity contribution < 1.29 is 14.3 Å². The van der Waals surface area contributed by atoms with Gasteiger partial charge in [0.2, 0.25) is 0 Å². The second kappa shape index (κ2) is 6.20. The van der Waals surface area contributed by atoms with E-state index in [1.54, 1.807) is 6.07 Å². The number of ether oxygens (including phenoxy) is 2. The highest BCUT2D eigenvalue weighted by Gasteiger charge is 2.14. The van der Waals surface area contributed by atoms with Crippen molar-refractivity contribution in [2.75, 3.05) is 18.5 Å². The maximum Gasteiger partial charge on any atom is 0.272 e. The fourth-order valence-corrected chi connectivity index (χ4v) is 3.04. The third-order valence-electron chi connectivity index (χ3n) is 3.83. The summed E-state index contributed by atoms with van der Waals surface area (Å²) >= 11 is 3.43. The molecular weight excluding hydrogens is 372 g/mol. The molecule has 0 unspecified atom stereocenters. The molecule has 6 heteroatoms. The summed E-state index contributed by atoms with van der Waals surface area (Å²) in [5.74, 6) is 1.17. The molecule has 2 aromatic carbocycles. The number of carbonyl (C=O) groups excluding carboxylic acids is 1. The number of aromatic amines is 1. The van der Waals surface area contributed by atoms with Gasteiger partial charge in [-0.05, 0) is 36.4 Å². The molecule has 24 heavy (non-hydrogen) atoms. The van der Waals surface area contributed by atoms with Gasteiger partial charge < -0.3 is 19.8 Å². The Bertz CT molecular complexity index is 920. The quantitative estimate of drug-likeness (QED) is 0.688. The number of hydrogen-bond acceptors (Lipinski definition) is 3. The average Bonchev–Trinajstić information content (AvgIpc) is 2.85. The number of nitrogens with one attached hydrogen (secondary N) is 2. The van der Waals surface area contributed by atoms with Crippen LogP contribution in [0.4, 0.5) is 5.69 Å². The first-order valence-electron chi connectivity index (χ1n) is 7.68. The van der Waals surface area contributed by atoms with Crippen molar-refractivity contribution in [1.29, 1.82) is 0 Å². The Labute approximate surface area is 147 Å². The van der Waals surface area contributed by atoms with Gasteiger partial charge in [0.05, 0.1) is 13.2 Å². The lowest BCUT2D eigenvalue weighted by atomic mass is 10.2. The molecule has 1 aromatic heterocycles. The number of fused-ring (bicyclic) bond motifs is 2. The van der Waals surface area contributed by atoms with E-state index in [4.69, 9.17) is 9.47 Å². The standard InChI is InChI=1S/C18H15BrN2O3/c19-12-2-4-14-11(8-12)9-15(21-14)18(22)20-13-3-5-16-17(10-13)24-7-1-6-23-16/h2-5,8-10,21H,1,6-7H2,(H,20,22). The van der Waals surface area contributed by atoms with E-state index in [-0.39, 0.29) is 5.91 Å². The van der Waals surface area contributed by atoms with Crippen LogP contribution in [0.1, 0.15) is 16.9 Å². The summed E-state index contributed by atoms with van der Waals surface area (Å²) in [6, 6.07) is 13.1. The molecule has 0 saturated carbocycles. The van der Waals surface area contributed by atoms with Crippen molar-refractivity contribution in [2.45, 2.75) is 6.42 Å². The highest BCUT2D eigenvalue weighted by atomic mass is 79.9. The number of amides is 1. The van der Waals surface area contributed by atoms with Gasteiger partial charge in [-0.25, -0.2) is 0 Å². The van der Waals surface area contributed by atoms with E-state index in [0.717, 1.165) is 21.8 Å². The van der Waals surface area contributed by atoms with Crippen LogP contribution < -0.4 is 14.8 Å². The molecule has 0 spiro atoms. The third kappa shape index (κ3) is 2.97. The molecule has 1 amide bonds. The zero-order valence-corrected chi connectivity index (χ0v) is 14.4. The summed E-state index contributed by atoms with van der Waals surface area (Å²) in [5, 5.41) is 3.87. The topological polar surface area (TPSA) is 63.4 Å². The first-order chi connectivity index (χ1) is 11.7. The Morgan fingerprint density at radius 2 is 1.88 bits per heavy atom. The number of halogens is 1. The molecule has 122 valence electrons. The van der Waals surface area contributed by atoms with E-state index in [0.29, 0.717) is 36.1 Å². The van der Waals surface area contributed by atoms with Crippen LogP contribution in [0.2, 0.25) is 0 Å². The zero-order chi connectivity index (χ0) is 16.5. The van der Waals surface area contributed by atoms with Crippen molar-refractivity contribution in [3.05, 3.63) is 52.6 Å². The van der Waals surface area contributed by atoms with Crippen LogP contribution in [0.25, 0.3) is 10.9 Å². The molecular formula is C18H15BrN2O3. The molecule has 2 heterocycles. The molecule has 0 radical (unpaired) electrons. The molecule has 5 nitrogen and oxygen atoms in total. The number of rotatable bonds is 2. The highest BCUT2D eigenvalue weighted by molar-refractivity contribution is 9.10. The molecule has 0 aliphatic carbocycles. The van der Waals surface area contributed by atoms with Gasteiger partial charge in [0, 0.05) is 33.6 Å². The maximum absolute atomic E-state index is 12.5. The molecule has 0 saturated heterocycles. The minimum absolute atomic E-state index is 0.197. The lowest BCUT2D eigenvalue weighted by molar-refractivity contribution is 0.102. The molecule has 4 rings (SSSR count). The van der Waals surface area contributed by atoms with Gasteiger partial charge in [-0.1, -0.05) is 15.9 Å². The van der Waals surface area contributed by atoms with E-state index < -0.39 is 0 Å². The second-order valence-corrected chi connectivity index (χ2v) is 6.50. The normalized spacial score (nSPS) is 13.5. The van der Waals surface area contributed by atoms with Gasteiger partial charge in [-0.2, -0.15) is 0 Å². The third-order valence-corrected chi connectivity index (χ3v) is 4.33. The molecule has 1 aliphatic rings. The van der Waals surface area contributed by atoms with Crippen molar-refractivity contribution in [2.24, 2.45) is 0 Å². The van der Waals surface area contributed by atoms with Crippen molar-refractivity contribution in [3.8, 4) is 11.5 Å². The van der Waals surface area contributed by atoms with Gasteiger partial charge >= 0.3 is 0 Å². The molecule has 0 atom stereocenters. The summed E-state index contributed by atoms with van der Waals surface area (Å²) in [6.45, 7) is 1.25. The fraction of sp³-hybridized carbons (Fsp3) is 0.167. The lowest BCUT2D eigenvalue weighted by Crippen LogP contribution is -2.12. The number of hydrogen-bond donors (Lipinski definition) is 2. The molecule has 2 N–H and O–H groups in total. The number of aromatic nitrogens is 1. The first kappa shape index (κ1) is 15.1. The predicted octanol–water partition coefficient (Wildman–Crippen LogP) is 4.34. The minimum Gasteiger partial charge on any atom is -0.490 e. The van der Waals surface area contributed by atoms with Crippen molar-refractivity contribution in [1.82, 2.24) is 4.98 Å². The highest BCUT2D eigenvalue weighted by Crippen LogP contribution is 2.32. The van der Waals surface area contributed by atoms with Crippen LogP contribution in [-0.4, -0.2) is 24.1 Å². The van der Waals surface area contributed by atoms with Crippen molar-refractivity contribution >= 4 is 38.4 Å². The summed E-state index contributed by atoms with van der Waals surface area (Å²) < 4.78 is 12.2. The molecule has 3 aromatic rings. The van der Waals surface area contributed by atoms with Crippen molar-refractivity contribution in [3.63, 3.8) is 0 Å². The van der Waals surface area contributed by atoms with E-state index >= 15 is 0 Å². The Hall–Kier alpha value is -2.47. The molecule has 0 fully saturated rings. The van der Waals surface area contributed by atoms with Crippen LogP contribution in [0.15, 0.2) is 46.9 Å². The van der Waals surface area contributed by atoms with Crippen LogP contribution in [0.5, 0.6) is 11.5 Å². The Kier molecular flexibility index (Phi) is 3.90. The smallest absolute Gasteiger partial charge is 0.272 e. The van der Waals surface area contributed by atoms with Gasteiger partial charge in [0.1, 0.15) is 5.69 Å². The monoisotopic (exact) mass is 386 g/mol. The maximum atomic E-state index is 12.5. The minimum atomic E-state index is -0.197. The first-order valence-corrected chi connectivity index (χ1v) is 8.48. The number of anilines is 1. The molecule has 1 aliphatic heterocycles. The van der Waals surface area contributed by atoms with E-state index in [1.807, 2.05) is 36.4 Å². The Balaban J connectivity index is 1.57. The fourth-order valence-electron chi connectivity index (χ4n) is 2.67. The van der Waals surface area contributed by atoms with Gasteiger partial charge in [-0.3, -0.25) is 4.79 Å². The summed E-state index contributed by atoms with van der Waals surface area (Å²) in [4.78, 5) is 15.6. The summed E-state index contributed by atoms with van der Waals surface area (Å²) in [7, 11) is 0. The number of carbonyl (C=O) groups is 1. The Morgan fingerprint density at radius 3 is 2.75 bits per heavy atom.